The average molecular weight is 448 g/mol. The van der Waals surface area contributed by atoms with E-state index in [2.05, 4.69) is 10.3 Å². The molecule has 0 spiro atoms. The minimum Gasteiger partial charge on any atom is -0.356 e. The van der Waals surface area contributed by atoms with Gasteiger partial charge in [-0.2, -0.15) is 0 Å². The second-order valence-corrected chi connectivity index (χ2v) is 8.79. The zero-order chi connectivity index (χ0) is 22.4. The molecule has 5 rings (SSSR count). The number of amides is 2. The van der Waals surface area contributed by atoms with Crippen LogP contribution >= 0.6 is 11.6 Å². The third-order valence-corrected chi connectivity index (χ3v) is 6.41. The van der Waals surface area contributed by atoms with Crippen LogP contribution in [0.1, 0.15) is 34.0 Å². The van der Waals surface area contributed by atoms with Gasteiger partial charge in [0.05, 0.1) is 6.04 Å². The quantitative estimate of drug-likeness (QED) is 0.350. The van der Waals surface area contributed by atoms with Crippen LogP contribution in [0.15, 0.2) is 60.7 Å². The number of carbonyl (C=O) groups excluding carboxylic acids is 1. The van der Waals surface area contributed by atoms with Gasteiger partial charge in [0.1, 0.15) is 5.82 Å². The Morgan fingerprint density at radius 3 is 2.66 bits per heavy atom. The third-order valence-electron chi connectivity index (χ3n) is 6.17. The fraction of sp³-hybridized carbons (Fsp3) is 0.192. The molecule has 1 aliphatic heterocycles. The molecule has 32 heavy (non-hydrogen) atoms. The second kappa shape index (κ2) is 7.99. The highest BCUT2D eigenvalue weighted by Gasteiger charge is 2.34. The molecule has 1 aliphatic rings. The van der Waals surface area contributed by atoms with Crippen molar-refractivity contribution in [3.8, 4) is 0 Å². The van der Waals surface area contributed by atoms with E-state index in [-0.39, 0.29) is 17.9 Å². The number of rotatable bonds is 2. The lowest BCUT2D eigenvalue weighted by molar-refractivity contribution is 0.193. The van der Waals surface area contributed by atoms with Gasteiger partial charge in [-0.1, -0.05) is 35.9 Å². The summed E-state index contributed by atoms with van der Waals surface area (Å²) < 4.78 is 13.7. The molecule has 4 aromatic rings. The fourth-order valence-corrected chi connectivity index (χ4v) is 4.70. The molecule has 4 nitrogen and oxygen atoms in total. The number of anilines is 1. The Kier molecular flexibility index (Phi) is 5.14. The predicted molar refractivity (Wildman–Crippen MR) is 127 cm³/mol. The molecule has 0 saturated heterocycles. The number of nitrogens with zero attached hydrogens (tertiary/aromatic N) is 1. The van der Waals surface area contributed by atoms with Crippen LogP contribution in [0, 0.1) is 19.7 Å². The molecule has 0 aliphatic carbocycles. The molecule has 2 heterocycles. The summed E-state index contributed by atoms with van der Waals surface area (Å²) in [4.78, 5) is 18.8. The third kappa shape index (κ3) is 3.63. The van der Waals surface area contributed by atoms with Crippen LogP contribution in [0.2, 0.25) is 5.02 Å². The number of aryl methyl sites for hydroxylation is 2. The Labute approximate surface area is 191 Å². The molecule has 6 heteroatoms. The van der Waals surface area contributed by atoms with E-state index in [0.29, 0.717) is 18.0 Å². The van der Waals surface area contributed by atoms with Gasteiger partial charge in [0.25, 0.3) is 0 Å². The van der Waals surface area contributed by atoms with Crippen LogP contribution in [0.25, 0.3) is 10.9 Å². The summed E-state index contributed by atoms with van der Waals surface area (Å²) in [5.74, 6) is -0.306. The molecular weight excluding hydrogens is 425 g/mol. The van der Waals surface area contributed by atoms with Gasteiger partial charge in [0.2, 0.25) is 0 Å². The zero-order valence-corrected chi connectivity index (χ0v) is 18.6. The lowest BCUT2D eigenvalue weighted by atomic mass is 9.92. The topological polar surface area (TPSA) is 48.1 Å². The number of halogens is 2. The second-order valence-electron chi connectivity index (χ2n) is 8.35. The number of benzene rings is 3. The van der Waals surface area contributed by atoms with E-state index in [1.807, 2.05) is 55.1 Å². The van der Waals surface area contributed by atoms with Crippen LogP contribution in [-0.4, -0.2) is 22.5 Å². The highest BCUT2D eigenvalue weighted by Crippen LogP contribution is 2.39. The minimum absolute atomic E-state index is 0.185. The van der Waals surface area contributed by atoms with Gasteiger partial charge in [0.15, 0.2) is 0 Å². The number of H-pyrrole nitrogens is 1. The Hall–Kier alpha value is -3.31. The largest absolute Gasteiger partial charge is 0.356 e. The van der Waals surface area contributed by atoms with E-state index in [1.54, 1.807) is 12.1 Å². The van der Waals surface area contributed by atoms with Crippen molar-refractivity contribution in [1.29, 1.82) is 0 Å². The highest BCUT2D eigenvalue weighted by atomic mass is 35.5. The van der Waals surface area contributed by atoms with Crippen molar-refractivity contribution in [2.45, 2.75) is 26.3 Å². The van der Waals surface area contributed by atoms with Crippen LogP contribution < -0.4 is 5.32 Å². The molecule has 0 saturated carbocycles. The number of urea groups is 1. The first-order valence-corrected chi connectivity index (χ1v) is 11.0. The molecule has 1 atom stereocenters. The summed E-state index contributed by atoms with van der Waals surface area (Å²) in [6.45, 7) is 4.51. The SMILES string of the molecule is Cc1ccc(C)c(NC(=O)N2CCc3c([nH]c4ccc(Cl)cc34)C2c2ccc(F)cc2)c1. The smallest absolute Gasteiger partial charge is 0.322 e. The standard InChI is InChI=1S/C26H23ClFN3O/c1-15-3-4-16(2)23(13-15)30-26(32)31-12-11-20-21-14-18(27)7-10-22(21)29-24(20)25(31)17-5-8-19(28)9-6-17/h3-10,13-14,25,29H,11-12H2,1-2H3,(H,30,32). The van der Waals surface area contributed by atoms with Crippen LogP contribution in [-0.2, 0) is 6.42 Å². The number of hydrogen-bond donors (Lipinski definition) is 2. The van der Waals surface area contributed by atoms with E-state index in [1.165, 1.54) is 12.1 Å². The Bertz CT molecular complexity index is 1330. The number of aromatic amines is 1. The van der Waals surface area contributed by atoms with Crippen LogP contribution in [0.4, 0.5) is 14.9 Å². The molecule has 3 aromatic carbocycles. The first kappa shape index (κ1) is 20.6. The summed E-state index contributed by atoms with van der Waals surface area (Å²) in [6.07, 6.45) is 0.702. The van der Waals surface area contributed by atoms with E-state index in [0.717, 1.165) is 44.5 Å². The first-order valence-electron chi connectivity index (χ1n) is 10.6. The van der Waals surface area contributed by atoms with Gasteiger partial charge in [-0.05, 0) is 78.9 Å². The van der Waals surface area contributed by atoms with Crippen LogP contribution in [0.3, 0.4) is 0 Å². The number of fused-ring (bicyclic) bond motifs is 3. The van der Waals surface area contributed by atoms with E-state index in [9.17, 15) is 9.18 Å². The van der Waals surface area contributed by atoms with E-state index in [4.69, 9.17) is 11.6 Å². The Morgan fingerprint density at radius 1 is 1.09 bits per heavy atom. The summed E-state index contributed by atoms with van der Waals surface area (Å²) >= 11 is 6.26. The molecule has 1 aromatic heterocycles. The maximum atomic E-state index is 13.7. The molecule has 0 radical (unpaired) electrons. The normalized spacial score (nSPS) is 15.6. The van der Waals surface area contributed by atoms with Crippen molar-refractivity contribution in [3.05, 3.63) is 99.5 Å². The van der Waals surface area contributed by atoms with Gasteiger partial charge < -0.3 is 15.2 Å². The first-order chi connectivity index (χ1) is 15.4. The predicted octanol–water partition coefficient (Wildman–Crippen LogP) is 6.76. The Balaban J connectivity index is 1.59. The monoisotopic (exact) mass is 447 g/mol. The minimum atomic E-state index is -0.365. The number of nitrogens with one attached hydrogen (secondary N) is 2. The van der Waals surface area contributed by atoms with E-state index >= 15 is 0 Å². The molecule has 0 bridgehead atoms. The van der Waals surface area contributed by atoms with Gasteiger partial charge >= 0.3 is 6.03 Å². The maximum absolute atomic E-state index is 13.7. The van der Waals surface area contributed by atoms with Crippen molar-refractivity contribution < 1.29 is 9.18 Å². The van der Waals surface area contributed by atoms with Crippen molar-refractivity contribution in [3.63, 3.8) is 0 Å². The molecular formula is C26H23ClFN3O. The molecule has 1 unspecified atom stereocenters. The van der Waals surface area contributed by atoms with Gasteiger partial charge in [0, 0.05) is 33.9 Å². The fourth-order valence-electron chi connectivity index (χ4n) is 4.53. The van der Waals surface area contributed by atoms with Crippen molar-refractivity contribution in [2.75, 3.05) is 11.9 Å². The molecule has 0 fully saturated rings. The van der Waals surface area contributed by atoms with Crippen molar-refractivity contribution in [2.24, 2.45) is 0 Å². The number of aromatic nitrogens is 1. The van der Waals surface area contributed by atoms with Crippen molar-refractivity contribution >= 4 is 34.2 Å². The zero-order valence-electron chi connectivity index (χ0n) is 17.9. The summed E-state index contributed by atoms with van der Waals surface area (Å²) in [7, 11) is 0. The van der Waals surface area contributed by atoms with E-state index < -0.39 is 0 Å². The van der Waals surface area contributed by atoms with Crippen molar-refractivity contribution in [1.82, 2.24) is 9.88 Å². The van der Waals surface area contributed by atoms with Gasteiger partial charge in [-0.3, -0.25) is 0 Å². The average Bonchev–Trinajstić information content (AvgIpc) is 3.14. The van der Waals surface area contributed by atoms with Crippen LogP contribution in [0.5, 0.6) is 0 Å². The molecule has 2 N–H and O–H groups in total. The lowest BCUT2D eigenvalue weighted by Gasteiger charge is -2.36. The summed E-state index contributed by atoms with van der Waals surface area (Å²) in [5.41, 5.74) is 6.78. The maximum Gasteiger partial charge on any atom is 0.322 e. The Morgan fingerprint density at radius 2 is 1.88 bits per heavy atom. The van der Waals surface area contributed by atoms with Gasteiger partial charge in [-0.15, -0.1) is 0 Å². The number of hydrogen-bond acceptors (Lipinski definition) is 1. The highest BCUT2D eigenvalue weighted by molar-refractivity contribution is 6.31. The van der Waals surface area contributed by atoms with Gasteiger partial charge in [-0.25, -0.2) is 9.18 Å². The molecule has 2 amide bonds. The number of carbonyl (C=O) groups is 1. The lowest BCUT2D eigenvalue weighted by Crippen LogP contribution is -2.43. The summed E-state index contributed by atoms with van der Waals surface area (Å²) in [5, 5.41) is 4.82. The molecule has 162 valence electrons. The summed E-state index contributed by atoms with van der Waals surface area (Å²) in [6, 6.07) is 17.6.